The fraction of sp³-hybridized carbons (Fsp3) is 0.500. The molecule has 2 heterocycles. The second-order valence-electron chi connectivity index (χ2n) is 7.82. The molecule has 8 heteroatoms. The van der Waals surface area contributed by atoms with Crippen molar-refractivity contribution in [1.29, 1.82) is 0 Å². The summed E-state index contributed by atoms with van der Waals surface area (Å²) in [5.74, 6) is -0.433. The van der Waals surface area contributed by atoms with E-state index in [0.717, 1.165) is 37.0 Å². The molecule has 2 aromatic rings. The first-order valence-corrected chi connectivity index (χ1v) is 9.35. The molecule has 0 bridgehead atoms. The fourth-order valence-electron chi connectivity index (χ4n) is 3.36. The molecule has 1 aliphatic rings. The van der Waals surface area contributed by atoms with Crippen LogP contribution in [0.2, 0.25) is 0 Å². The molecule has 1 amide bonds. The first kappa shape index (κ1) is 19.9. The lowest BCUT2D eigenvalue weighted by Gasteiger charge is -2.34. The predicted molar refractivity (Wildman–Crippen MR) is 105 cm³/mol. The second kappa shape index (κ2) is 8.00. The van der Waals surface area contributed by atoms with Gasteiger partial charge in [0.15, 0.2) is 0 Å². The summed E-state index contributed by atoms with van der Waals surface area (Å²) in [6.07, 6.45) is 2.84. The van der Waals surface area contributed by atoms with E-state index in [4.69, 9.17) is 9.47 Å². The molecular formula is C20H26N4O4. The zero-order chi connectivity index (χ0) is 20.3. The Morgan fingerprint density at radius 1 is 1.18 bits per heavy atom. The number of nitrogens with zero attached hydrogens (tertiary/aromatic N) is 3. The summed E-state index contributed by atoms with van der Waals surface area (Å²) in [6, 6.07) is 5.57. The van der Waals surface area contributed by atoms with Crippen molar-refractivity contribution in [3.63, 3.8) is 0 Å². The number of esters is 1. The fourth-order valence-corrected chi connectivity index (χ4v) is 3.36. The number of alkyl carbamates (subject to hydrolysis) is 1. The number of benzene rings is 1. The summed E-state index contributed by atoms with van der Waals surface area (Å²) in [5.41, 5.74) is 1.41. The minimum atomic E-state index is -0.508. The van der Waals surface area contributed by atoms with Gasteiger partial charge in [0.25, 0.3) is 0 Å². The van der Waals surface area contributed by atoms with Gasteiger partial charge in [-0.25, -0.2) is 9.59 Å². The molecule has 0 atom stereocenters. The van der Waals surface area contributed by atoms with Crippen LogP contribution in [0.4, 0.5) is 10.5 Å². The summed E-state index contributed by atoms with van der Waals surface area (Å²) in [6.45, 7) is 7.09. The van der Waals surface area contributed by atoms with Crippen LogP contribution in [-0.4, -0.2) is 54.1 Å². The number of fused-ring (bicyclic) bond motifs is 1. The van der Waals surface area contributed by atoms with Crippen molar-refractivity contribution in [2.75, 3.05) is 25.1 Å². The van der Waals surface area contributed by atoms with Crippen LogP contribution < -0.4 is 10.2 Å². The van der Waals surface area contributed by atoms with Crippen molar-refractivity contribution >= 4 is 28.7 Å². The Morgan fingerprint density at radius 2 is 1.89 bits per heavy atom. The molecule has 1 N–H and O–H groups in total. The quantitative estimate of drug-likeness (QED) is 0.811. The van der Waals surface area contributed by atoms with Crippen LogP contribution in [-0.2, 0) is 9.47 Å². The van der Waals surface area contributed by atoms with Crippen molar-refractivity contribution in [3.8, 4) is 0 Å². The Kier molecular flexibility index (Phi) is 5.67. The maximum Gasteiger partial charge on any atom is 0.407 e. The average molecular weight is 386 g/mol. The highest BCUT2D eigenvalue weighted by atomic mass is 16.6. The average Bonchev–Trinajstić information content (AvgIpc) is 2.65. The molecule has 1 saturated heterocycles. The lowest BCUT2D eigenvalue weighted by atomic mass is 10.0. The zero-order valence-corrected chi connectivity index (χ0v) is 16.7. The topological polar surface area (TPSA) is 93.7 Å². The molecule has 0 saturated carbocycles. The van der Waals surface area contributed by atoms with Gasteiger partial charge in [0.1, 0.15) is 11.1 Å². The normalized spacial score (nSPS) is 15.4. The van der Waals surface area contributed by atoms with Crippen LogP contribution in [0.15, 0.2) is 24.4 Å². The minimum absolute atomic E-state index is 0.0755. The van der Waals surface area contributed by atoms with Gasteiger partial charge in [-0.05, 0) is 51.8 Å². The van der Waals surface area contributed by atoms with Gasteiger partial charge in [-0.15, -0.1) is 5.10 Å². The molecule has 8 nitrogen and oxygen atoms in total. The molecule has 3 rings (SSSR count). The van der Waals surface area contributed by atoms with E-state index in [1.807, 2.05) is 32.9 Å². The Bertz CT molecular complexity index is 870. The highest BCUT2D eigenvalue weighted by molar-refractivity contribution is 6.06. The number of piperidine rings is 1. The van der Waals surface area contributed by atoms with Crippen LogP contribution in [0.5, 0.6) is 0 Å². The highest BCUT2D eigenvalue weighted by Gasteiger charge is 2.25. The summed E-state index contributed by atoms with van der Waals surface area (Å²) >= 11 is 0. The van der Waals surface area contributed by atoms with Crippen LogP contribution in [0.1, 0.15) is 44.0 Å². The van der Waals surface area contributed by atoms with Crippen LogP contribution in [0.3, 0.4) is 0 Å². The molecule has 0 spiro atoms. The largest absolute Gasteiger partial charge is 0.465 e. The zero-order valence-electron chi connectivity index (χ0n) is 16.7. The van der Waals surface area contributed by atoms with Gasteiger partial charge in [0.2, 0.25) is 0 Å². The molecule has 1 aromatic carbocycles. The number of carbonyl (C=O) groups excluding carboxylic acids is 2. The van der Waals surface area contributed by atoms with Gasteiger partial charge in [0, 0.05) is 30.2 Å². The lowest BCUT2D eigenvalue weighted by Crippen LogP contribution is -2.46. The molecule has 150 valence electrons. The van der Waals surface area contributed by atoms with E-state index in [1.54, 1.807) is 12.3 Å². The van der Waals surface area contributed by atoms with Crippen LogP contribution in [0.25, 0.3) is 10.9 Å². The van der Waals surface area contributed by atoms with Crippen molar-refractivity contribution in [2.24, 2.45) is 0 Å². The van der Waals surface area contributed by atoms with Gasteiger partial charge >= 0.3 is 12.1 Å². The van der Waals surface area contributed by atoms with Gasteiger partial charge in [0.05, 0.1) is 18.9 Å². The number of hydrogen-bond donors (Lipinski definition) is 1. The smallest absolute Gasteiger partial charge is 0.407 e. The number of aromatic nitrogens is 2. The number of nitrogens with one attached hydrogen (secondary N) is 1. The Labute approximate surface area is 164 Å². The molecule has 0 aliphatic carbocycles. The molecule has 28 heavy (non-hydrogen) atoms. The summed E-state index contributed by atoms with van der Waals surface area (Å²) in [5, 5.41) is 11.9. The van der Waals surface area contributed by atoms with E-state index in [0.29, 0.717) is 11.1 Å². The molecule has 1 aliphatic heterocycles. The monoisotopic (exact) mass is 386 g/mol. The molecule has 0 unspecified atom stereocenters. The maximum atomic E-state index is 12.0. The highest BCUT2D eigenvalue weighted by Crippen LogP contribution is 2.30. The van der Waals surface area contributed by atoms with E-state index in [9.17, 15) is 9.59 Å². The first-order valence-electron chi connectivity index (χ1n) is 9.35. The van der Waals surface area contributed by atoms with Crippen molar-refractivity contribution in [2.45, 2.75) is 45.3 Å². The summed E-state index contributed by atoms with van der Waals surface area (Å²) < 4.78 is 10.2. The molecule has 0 radical (unpaired) electrons. The number of amides is 1. The van der Waals surface area contributed by atoms with Crippen molar-refractivity contribution in [1.82, 2.24) is 15.5 Å². The predicted octanol–water partition coefficient (Wildman–Crippen LogP) is 2.91. The van der Waals surface area contributed by atoms with Gasteiger partial charge < -0.3 is 19.7 Å². The Balaban J connectivity index is 1.72. The summed E-state index contributed by atoms with van der Waals surface area (Å²) in [4.78, 5) is 26.2. The minimum Gasteiger partial charge on any atom is -0.465 e. The van der Waals surface area contributed by atoms with Crippen LogP contribution >= 0.6 is 0 Å². The van der Waals surface area contributed by atoms with Crippen LogP contribution in [0, 0.1) is 0 Å². The van der Waals surface area contributed by atoms with E-state index < -0.39 is 11.6 Å². The molecular weight excluding hydrogens is 360 g/mol. The third-order valence-corrected chi connectivity index (χ3v) is 4.62. The molecule has 1 aromatic heterocycles. The third kappa shape index (κ3) is 4.49. The number of anilines is 1. The van der Waals surface area contributed by atoms with E-state index in [-0.39, 0.29) is 12.1 Å². The van der Waals surface area contributed by atoms with Crippen molar-refractivity contribution in [3.05, 3.63) is 30.0 Å². The Hall–Kier alpha value is -2.90. The van der Waals surface area contributed by atoms with Gasteiger partial charge in [-0.1, -0.05) is 0 Å². The lowest BCUT2D eigenvalue weighted by molar-refractivity contribution is 0.0496. The van der Waals surface area contributed by atoms with E-state index in [2.05, 4.69) is 20.4 Å². The number of rotatable bonds is 3. The second-order valence-corrected chi connectivity index (χ2v) is 7.82. The summed E-state index contributed by atoms with van der Waals surface area (Å²) in [7, 11) is 1.35. The van der Waals surface area contributed by atoms with E-state index in [1.165, 1.54) is 7.11 Å². The van der Waals surface area contributed by atoms with Crippen molar-refractivity contribution < 1.29 is 19.1 Å². The third-order valence-electron chi connectivity index (χ3n) is 4.62. The standard InChI is InChI=1S/C20H26N4O4/c1-20(2,3)28-19(26)22-13-8-11-24(12-9-13)16-6-5-15(18(25)27-4)17-14(16)7-10-21-23-17/h5-7,10,13H,8-9,11-12H2,1-4H3,(H,22,26). The number of carbonyl (C=O) groups is 2. The first-order chi connectivity index (χ1) is 13.3. The molecule has 1 fully saturated rings. The van der Waals surface area contributed by atoms with Gasteiger partial charge in [-0.2, -0.15) is 5.10 Å². The van der Waals surface area contributed by atoms with Gasteiger partial charge in [-0.3, -0.25) is 0 Å². The number of methoxy groups -OCH3 is 1. The maximum absolute atomic E-state index is 12.0. The number of ether oxygens (including phenoxy) is 2. The number of hydrogen-bond acceptors (Lipinski definition) is 7. The van der Waals surface area contributed by atoms with E-state index >= 15 is 0 Å². The SMILES string of the molecule is COC(=O)c1ccc(N2CCC(NC(=O)OC(C)(C)C)CC2)c2ccnnc12. The Morgan fingerprint density at radius 3 is 2.54 bits per heavy atom.